The van der Waals surface area contributed by atoms with Crippen molar-refractivity contribution in [3.05, 3.63) is 41.9 Å². The summed E-state index contributed by atoms with van der Waals surface area (Å²) in [5, 5.41) is 12.6. The summed E-state index contributed by atoms with van der Waals surface area (Å²) in [6, 6.07) is 8.34. The highest BCUT2D eigenvalue weighted by Crippen LogP contribution is 2.43. The molecular formula is C19H20N4O2. The van der Waals surface area contributed by atoms with Crippen molar-refractivity contribution >= 4 is 5.82 Å². The summed E-state index contributed by atoms with van der Waals surface area (Å²) in [7, 11) is 0. The van der Waals surface area contributed by atoms with Crippen molar-refractivity contribution in [2.75, 3.05) is 18.7 Å². The van der Waals surface area contributed by atoms with Crippen LogP contribution in [0.25, 0.3) is 0 Å². The second kappa shape index (κ2) is 6.60. The van der Waals surface area contributed by atoms with Crippen LogP contribution in [-0.2, 0) is 5.41 Å². The third kappa shape index (κ3) is 2.98. The summed E-state index contributed by atoms with van der Waals surface area (Å²) in [5.41, 5.74) is 1.59. The molecule has 0 atom stereocenters. The second-order valence-electron chi connectivity index (χ2n) is 6.63. The van der Waals surface area contributed by atoms with Gasteiger partial charge in [-0.1, -0.05) is 25.3 Å². The van der Waals surface area contributed by atoms with Crippen molar-refractivity contribution in [2.24, 2.45) is 0 Å². The molecule has 1 aromatic heterocycles. The standard InChI is InChI=1S/C19H20N4O2/c20-11-15-18(22-9-8-21-15)23-12-19(6-2-1-3-7-19)14-4-5-16-17(10-14)25-13-24-16/h4-5,8-10H,1-3,6-7,12-13H2,(H,22,23). The average Bonchev–Trinajstić information content (AvgIpc) is 3.15. The largest absolute Gasteiger partial charge is 0.454 e. The number of nitriles is 1. The molecule has 1 saturated carbocycles. The fourth-order valence-electron chi connectivity index (χ4n) is 3.82. The lowest BCUT2D eigenvalue weighted by Gasteiger charge is -2.38. The van der Waals surface area contributed by atoms with E-state index in [4.69, 9.17) is 9.47 Å². The molecule has 25 heavy (non-hydrogen) atoms. The third-order valence-corrected chi connectivity index (χ3v) is 5.19. The number of ether oxygens (including phenoxy) is 2. The molecule has 1 fully saturated rings. The zero-order valence-electron chi connectivity index (χ0n) is 14.0. The number of fused-ring (bicyclic) bond motifs is 1. The quantitative estimate of drug-likeness (QED) is 0.922. The molecule has 2 aromatic rings. The summed E-state index contributed by atoms with van der Waals surface area (Å²) in [4.78, 5) is 8.36. The molecule has 6 nitrogen and oxygen atoms in total. The number of rotatable bonds is 4. The Kier molecular flexibility index (Phi) is 4.14. The zero-order chi connectivity index (χ0) is 17.1. The minimum absolute atomic E-state index is 0.00345. The van der Waals surface area contributed by atoms with Crippen molar-refractivity contribution in [2.45, 2.75) is 37.5 Å². The predicted molar refractivity (Wildman–Crippen MR) is 92.6 cm³/mol. The maximum Gasteiger partial charge on any atom is 0.231 e. The molecule has 4 rings (SSSR count). The Labute approximate surface area is 146 Å². The molecule has 0 bridgehead atoms. The van der Waals surface area contributed by atoms with Gasteiger partial charge >= 0.3 is 0 Å². The van der Waals surface area contributed by atoms with Gasteiger partial charge in [-0.2, -0.15) is 5.26 Å². The molecule has 0 spiro atoms. The van der Waals surface area contributed by atoms with E-state index in [1.54, 1.807) is 6.20 Å². The van der Waals surface area contributed by atoms with Gasteiger partial charge in [0.1, 0.15) is 6.07 Å². The lowest BCUT2D eigenvalue weighted by molar-refractivity contribution is 0.174. The highest BCUT2D eigenvalue weighted by atomic mass is 16.7. The van der Waals surface area contributed by atoms with E-state index in [1.807, 2.05) is 6.07 Å². The van der Waals surface area contributed by atoms with E-state index in [0.29, 0.717) is 11.5 Å². The fourth-order valence-corrected chi connectivity index (χ4v) is 3.82. The topological polar surface area (TPSA) is 80.1 Å². The Bertz CT molecular complexity index is 809. The van der Waals surface area contributed by atoms with Crippen molar-refractivity contribution in [1.29, 1.82) is 5.26 Å². The molecular weight excluding hydrogens is 316 g/mol. The first-order valence-corrected chi connectivity index (χ1v) is 8.66. The predicted octanol–water partition coefficient (Wildman–Crippen LogP) is 3.39. The van der Waals surface area contributed by atoms with Gasteiger partial charge in [0.15, 0.2) is 23.0 Å². The van der Waals surface area contributed by atoms with Crippen LogP contribution >= 0.6 is 0 Å². The van der Waals surface area contributed by atoms with Gasteiger partial charge in [0.2, 0.25) is 6.79 Å². The van der Waals surface area contributed by atoms with Gasteiger partial charge in [0, 0.05) is 24.4 Å². The summed E-state index contributed by atoms with van der Waals surface area (Å²) in [6.45, 7) is 1.01. The molecule has 2 heterocycles. The first-order valence-electron chi connectivity index (χ1n) is 8.66. The molecule has 1 aliphatic heterocycles. The summed E-state index contributed by atoms with van der Waals surface area (Å²) in [6.07, 6.45) is 9.00. The maximum absolute atomic E-state index is 9.22. The molecule has 0 unspecified atom stereocenters. The lowest BCUT2D eigenvalue weighted by Crippen LogP contribution is -2.36. The van der Waals surface area contributed by atoms with Crippen LogP contribution in [0.1, 0.15) is 43.4 Å². The van der Waals surface area contributed by atoms with E-state index < -0.39 is 0 Å². The first-order chi connectivity index (χ1) is 12.3. The molecule has 0 radical (unpaired) electrons. The van der Waals surface area contributed by atoms with E-state index >= 15 is 0 Å². The number of nitrogens with one attached hydrogen (secondary N) is 1. The van der Waals surface area contributed by atoms with Gasteiger partial charge in [-0.25, -0.2) is 9.97 Å². The Hall–Kier alpha value is -2.81. The minimum atomic E-state index is 0.00345. The molecule has 1 N–H and O–H groups in total. The number of aromatic nitrogens is 2. The van der Waals surface area contributed by atoms with E-state index in [1.165, 1.54) is 31.0 Å². The molecule has 0 saturated heterocycles. The minimum Gasteiger partial charge on any atom is -0.454 e. The number of hydrogen-bond donors (Lipinski definition) is 1. The van der Waals surface area contributed by atoms with Crippen molar-refractivity contribution in [1.82, 2.24) is 9.97 Å². The normalized spacial score (nSPS) is 17.7. The molecule has 128 valence electrons. The van der Waals surface area contributed by atoms with Gasteiger partial charge in [-0.3, -0.25) is 0 Å². The first kappa shape index (κ1) is 15.7. The van der Waals surface area contributed by atoms with Crippen LogP contribution in [-0.4, -0.2) is 23.3 Å². The van der Waals surface area contributed by atoms with Crippen LogP contribution < -0.4 is 14.8 Å². The Morgan fingerprint density at radius 2 is 1.88 bits per heavy atom. The molecule has 2 aliphatic rings. The van der Waals surface area contributed by atoms with Crippen LogP contribution in [0.15, 0.2) is 30.6 Å². The summed E-state index contributed by atoms with van der Waals surface area (Å²) < 4.78 is 11.0. The van der Waals surface area contributed by atoms with Crippen molar-refractivity contribution < 1.29 is 9.47 Å². The SMILES string of the molecule is N#Cc1nccnc1NCC1(c2ccc3c(c2)OCO3)CCCCC1. The van der Waals surface area contributed by atoms with E-state index in [2.05, 4.69) is 33.5 Å². The van der Waals surface area contributed by atoms with Crippen LogP contribution in [0.5, 0.6) is 11.5 Å². The summed E-state index contributed by atoms with van der Waals surface area (Å²) >= 11 is 0. The fraction of sp³-hybridized carbons (Fsp3) is 0.421. The van der Waals surface area contributed by atoms with Crippen molar-refractivity contribution in [3.8, 4) is 17.6 Å². The van der Waals surface area contributed by atoms with E-state index in [9.17, 15) is 5.26 Å². The molecule has 1 aliphatic carbocycles. The monoisotopic (exact) mass is 336 g/mol. The summed E-state index contributed by atoms with van der Waals surface area (Å²) in [5.74, 6) is 2.18. The number of nitrogens with zero attached hydrogens (tertiary/aromatic N) is 3. The van der Waals surface area contributed by atoms with Crippen LogP contribution in [0, 0.1) is 11.3 Å². The van der Waals surface area contributed by atoms with Gasteiger partial charge in [-0.15, -0.1) is 0 Å². The van der Waals surface area contributed by atoms with E-state index in [-0.39, 0.29) is 12.2 Å². The van der Waals surface area contributed by atoms with Gasteiger partial charge < -0.3 is 14.8 Å². The Morgan fingerprint density at radius 1 is 1.08 bits per heavy atom. The average molecular weight is 336 g/mol. The van der Waals surface area contributed by atoms with Gasteiger partial charge in [0.05, 0.1) is 0 Å². The zero-order valence-corrected chi connectivity index (χ0v) is 14.0. The van der Waals surface area contributed by atoms with Crippen LogP contribution in [0.3, 0.4) is 0 Å². The smallest absolute Gasteiger partial charge is 0.231 e. The maximum atomic E-state index is 9.22. The molecule has 6 heteroatoms. The van der Waals surface area contributed by atoms with Gasteiger partial charge in [0.25, 0.3) is 0 Å². The second-order valence-corrected chi connectivity index (χ2v) is 6.63. The van der Waals surface area contributed by atoms with Crippen LogP contribution in [0.2, 0.25) is 0 Å². The molecule has 0 amide bonds. The highest BCUT2D eigenvalue weighted by Gasteiger charge is 2.35. The van der Waals surface area contributed by atoms with Crippen LogP contribution in [0.4, 0.5) is 5.82 Å². The van der Waals surface area contributed by atoms with Crippen molar-refractivity contribution in [3.63, 3.8) is 0 Å². The number of hydrogen-bond acceptors (Lipinski definition) is 6. The number of anilines is 1. The Balaban J connectivity index is 1.62. The number of benzene rings is 1. The molecule has 1 aromatic carbocycles. The lowest BCUT2D eigenvalue weighted by atomic mass is 9.69. The van der Waals surface area contributed by atoms with E-state index in [0.717, 1.165) is 30.9 Å². The Morgan fingerprint density at radius 3 is 2.72 bits per heavy atom. The third-order valence-electron chi connectivity index (χ3n) is 5.19. The van der Waals surface area contributed by atoms with Gasteiger partial charge in [-0.05, 0) is 30.5 Å². The highest BCUT2D eigenvalue weighted by molar-refractivity contribution is 5.50.